The van der Waals surface area contributed by atoms with Crippen molar-refractivity contribution in [3.8, 4) is 11.4 Å². The third kappa shape index (κ3) is 3.63. The van der Waals surface area contributed by atoms with Crippen LogP contribution in [0.4, 0.5) is 5.82 Å². The van der Waals surface area contributed by atoms with Crippen molar-refractivity contribution in [1.29, 1.82) is 0 Å². The minimum atomic E-state index is -0.397. The molecule has 0 aromatic carbocycles. The normalized spacial score (nSPS) is 20.7. The number of hydrogen-bond acceptors (Lipinski definition) is 8. The van der Waals surface area contributed by atoms with Gasteiger partial charge in [0.05, 0.1) is 5.56 Å². The van der Waals surface area contributed by atoms with Crippen molar-refractivity contribution in [2.24, 2.45) is 0 Å². The van der Waals surface area contributed by atoms with Gasteiger partial charge in [0.1, 0.15) is 24.0 Å². The molecule has 2 aliphatic heterocycles. The average molecular weight is 435 g/mol. The summed E-state index contributed by atoms with van der Waals surface area (Å²) in [4.78, 5) is 48.3. The molecule has 3 aromatic rings. The van der Waals surface area contributed by atoms with Gasteiger partial charge in [-0.05, 0) is 26.7 Å². The van der Waals surface area contributed by atoms with Crippen LogP contribution in [0.5, 0.6) is 0 Å². The SMILES string of the molecule is CCn1c(-c2cnc(C)nc2)nc2c(NC3CCN(C(=O)C4CCC(=O)N4)C3)ncnc21. The molecule has 2 N–H and O–H groups in total. The number of carbonyl (C=O) groups is 2. The molecule has 0 radical (unpaired) electrons. The average Bonchev–Trinajstić information content (AvgIpc) is 3.52. The summed E-state index contributed by atoms with van der Waals surface area (Å²) in [5, 5.41) is 6.21. The Balaban J connectivity index is 1.37. The quantitative estimate of drug-likeness (QED) is 0.604. The Morgan fingerprint density at radius 1 is 1.22 bits per heavy atom. The van der Waals surface area contributed by atoms with Crippen molar-refractivity contribution < 1.29 is 9.59 Å². The summed E-state index contributed by atoms with van der Waals surface area (Å²) in [6.45, 7) is 5.78. The zero-order chi connectivity index (χ0) is 22.2. The van der Waals surface area contributed by atoms with E-state index >= 15 is 0 Å². The lowest BCUT2D eigenvalue weighted by atomic mass is 10.2. The Morgan fingerprint density at radius 2 is 2.03 bits per heavy atom. The van der Waals surface area contributed by atoms with E-state index < -0.39 is 6.04 Å². The van der Waals surface area contributed by atoms with Gasteiger partial charge in [0.25, 0.3) is 0 Å². The van der Waals surface area contributed by atoms with Gasteiger partial charge in [-0.15, -0.1) is 0 Å². The van der Waals surface area contributed by atoms with Crippen molar-refractivity contribution in [3.05, 3.63) is 24.5 Å². The minimum Gasteiger partial charge on any atom is -0.364 e. The van der Waals surface area contributed by atoms with Crippen LogP contribution in [0, 0.1) is 6.92 Å². The molecule has 2 aliphatic rings. The lowest BCUT2D eigenvalue weighted by molar-refractivity contribution is -0.133. The second-order valence-electron chi connectivity index (χ2n) is 8.17. The highest BCUT2D eigenvalue weighted by Crippen LogP contribution is 2.27. The van der Waals surface area contributed by atoms with Crippen LogP contribution in [0.2, 0.25) is 0 Å². The molecule has 2 atom stereocenters. The first-order valence-electron chi connectivity index (χ1n) is 10.9. The molecule has 0 bridgehead atoms. The number of aryl methyl sites for hydroxylation is 2. The molecule has 11 nitrogen and oxygen atoms in total. The third-order valence-corrected chi connectivity index (χ3v) is 6.02. The molecule has 0 saturated carbocycles. The molecule has 2 amide bonds. The Hall–Kier alpha value is -3.63. The van der Waals surface area contributed by atoms with Crippen molar-refractivity contribution >= 4 is 28.8 Å². The second kappa shape index (κ2) is 8.13. The number of nitrogens with one attached hydrogen (secondary N) is 2. The molecular formula is C21H25N9O2. The van der Waals surface area contributed by atoms with Gasteiger partial charge in [0.2, 0.25) is 11.8 Å². The summed E-state index contributed by atoms with van der Waals surface area (Å²) >= 11 is 0. The second-order valence-corrected chi connectivity index (χ2v) is 8.17. The molecule has 166 valence electrons. The predicted molar refractivity (Wildman–Crippen MR) is 117 cm³/mol. The highest BCUT2D eigenvalue weighted by atomic mass is 16.2. The molecule has 3 aromatic heterocycles. The van der Waals surface area contributed by atoms with Gasteiger partial charge in [-0.3, -0.25) is 9.59 Å². The van der Waals surface area contributed by atoms with Gasteiger partial charge in [0, 0.05) is 44.5 Å². The molecular weight excluding hydrogens is 410 g/mol. The van der Waals surface area contributed by atoms with Crippen LogP contribution in [0.3, 0.4) is 0 Å². The molecule has 5 heterocycles. The summed E-state index contributed by atoms with van der Waals surface area (Å²) in [7, 11) is 0. The largest absolute Gasteiger partial charge is 0.364 e. The highest BCUT2D eigenvalue weighted by Gasteiger charge is 2.34. The van der Waals surface area contributed by atoms with Crippen molar-refractivity contribution in [1.82, 2.24) is 39.7 Å². The molecule has 5 rings (SSSR count). The van der Waals surface area contributed by atoms with Gasteiger partial charge in [0.15, 0.2) is 17.0 Å². The predicted octanol–water partition coefficient (Wildman–Crippen LogP) is 0.903. The summed E-state index contributed by atoms with van der Waals surface area (Å²) in [6, 6.07) is -0.348. The molecule has 32 heavy (non-hydrogen) atoms. The van der Waals surface area contributed by atoms with Crippen LogP contribution in [0.15, 0.2) is 18.7 Å². The minimum absolute atomic E-state index is 0.00935. The Bertz CT molecular complexity index is 1170. The first kappa shape index (κ1) is 20.3. The Morgan fingerprint density at radius 3 is 2.75 bits per heavy atom. The number of rotatable bonds is 5. The van der Waals surface area contributed by atoms with E-state index in [4.69, 9.17) is 4.98 Å². The Kier molecular flexibility index (Phi) is 5.16. The van der Waals surface area contributed by atoms with Crippen LogP contribution in [-0.4, -0.2) is 71.4 Å². The molecule has 2 unspecified atom stereocenters. The molecule has 2 saturated heterocycles. The lowest BCUT2D eigenvalue weighted by Gasteiger charge is -2.20. The Labute approximate surface area is 184 Å². The standard InChI is InChI=1S/C21H25N9O2/c1-3-30-19(13-8-22-12(2)23-9-13)28-17-18(24-11-25-20(17)30)26-14-6-7-29(10-14)21(32)15-4-5-16(31)27-15/h8-9,11,14-15H,3-7,10H2,1-2H3,(H,27,31)(H,24,25,26). The van der Waals surface area contributed by atoms with Crippen LogP contribution < -0.4 is 10.6 Å². The van der Waals surface area contributed by atoms with E-state index in [9.17, 15) is 9.59 Å². The fourth-order valence-corrected chi connectivity index (χ4v) is 4.36. The highest BCUT2D eigenvalue weighted by molar-refractivity contribution is 5.91. The number of aromatic nitrogens is 6. The van der Waals surface area contributed by atoms with E-state index in [1.807, 2.05) is 23.3 Å². The lowest BCUT2D eigenvalue weighted by Crippen LogP contribution is -2.44. The monoisotopic (exact) mass is 435 g/mol. The van der Waals surface area contributed by atoms with E-state index in [1.54, 1.807) is 12.4 Å². The van der Waals surface area contributed by atoms with Gasteiger partial charge >= 0.3 is 0 Å². The van der Waals surface area contributed by atoms with Gasteiger partial charge in [-0.2, -0.15) is 0 Å². The maximum Gasteiger partial charge on any atom is 0.245 e. The third-order valence-electron chi connectivity index (χ3n) is 6.02. The fraction of sp³-hybridized carbons (Fsp3) is 0.476. The number of amides is 2. The molecule has 2 fully saturated rings. The van der Waals surface area contributed by atoms with Crippen molar-refractivity contribution in [2.75, 3.05) is 18.4 Å². The molecule has 0 spiro atoms. The maximum absolute atomic E-state index is 12.7. The maximum atomic E-state index is 12.7. The smallest absolute Gasteiger partial charge is 0.245 e. The van der Waals surface area contributed by atoms with Crippen LogP contribution in [-0.2, 0) is 16.1 Å². The van der Waals surface area contributed by atoms with Crippen LogP contribution in [0.1, 0.15) is 32.0 Å². The van der Waals surface area contributed by atoms with E-state index in [1.165, 1.54) is 6.33 Å². The molecule has 0 aliphatic carbocycles. The topological polar surface area (TPSA) is 131 Å². The van der Waals surface area contributed by atoms with Crippen LogP contribution >= 0.6 is 0 Å². The van der Waals surface area contributed by atoms with Gasteiger partial charge in [-0.1, -0.05) is 0 Å². The summed E-state index contributed by atoms with van der Waals surface area (Å²) < 4.78 is 2.02. The number of hydrogen-bond donors (Lipinski definition) is 2. The van der Waals surface area contributed by atoms with E-state index in [0.29, 0.717) is 49.6 Å². The number of fused-ring (bicyclic) bond motifs is 1. The van der Waals surface area contributed by atoms with E-state index in [2.05, 4.69) is 30.6 Å². The van der Waals surface area contributed by atoms with Crippen LogP contribution in [0.25, 0.3) is 22.6 Å². The van der Waals surface area contributed by atoms with Gasteiger partial charge < -0.3 is 20.1 Å². The van der Waals surface area contributed by atoms with Crippen molar-refractivity contribution in [2.45, 2.75) is 51.7 Å². The fourth-order valence-electron chi connectivity index (χ4n) is 4.36. The number of carbonyl (C=O) groups excluding carboxylic acids is 2. The number of likely N-dealkylation sites (tertiary alicyclic amines) is 1. The zero-order valence-electron chi connectivity index (χ0n) is 18.1. The zero-order valence-corrected chi connectivity index (χ0v) is 18.1. The number of imidazole rings is 1. The summed E-state index contributed by atoms with van der Waals surface area (Å²) in [5.74, 6) is 2.02. The first-order valence-corrected chi connectivity index (χ1v) is 10.9. The first-order chi connectivity index (χ1) is 15.5. The number of anilines is 1. The number of nitrogens with zero attached hydrogens (tertiary/aromatic N) is 7. The summed E-state index contributed by atoms with van der Waals surface area (Å²) in [5.41, 5.74) is 2.23. The molecule has 11 heteroatoms. The van der Waals surface area contributed by atoms with E-state index in [-0.39, 0.29) is 17.9 Å². The summed E-state index contributed by atoms with van der Waals surface area (Å²) in [6.07, 6.45) is 6.83. The van der Waals surface area contributed by atoms with E-state index in [0.717, 1.165) is 23.5 Å². The van der Waals surface area contributed by atoms with Gasteiger partial charge in [-0.25, -0.2) is 24.9 Å². The van der Waals surface area contributed by atoms with Crippen molar-refractivity contribution in [3.63, 3.8) is 0 Å².